The minimum atomic E-state index is 0.271. The number of rotatable bonds is 7. The molecular formula is C15H19N3O3. The van der Waals surface area contributed by atoms with Gasteiger partial charge in [-0.2, -0.15) is 0 Å². The van der Waals surface area contributed by atoms with E-state index in [1.165, 1.54) is 0 Å². The first-order valence-corrected chi connectivity index (χ1v) is 6.77. The van der Waals surface area contributed by atoms with Gasteiger partial charge in [0.1, 0.15) is 11.4 Å². The zero-order valence-electron chi connectivity index (χ0n) is 12.4. The van der Waals surface area contributed by atoms with Crippen molar-refractivity contribution in [3.8, 4) is 11.4 Å². The fourth-order valence-corrected chi connectivity index (χ4v) is 1.83. The summed E-state index contributed by atoms with van der Waals surface area (Å²) in [6, 6.07) is 7.49. The maximum Gasteiger partial charge on any atom is 0.172 e. The van der Waals surface area contributed by atoms with E-state index in [4.69, 9.17) is 9.47 Å². The van der Waals surface area contributed by atoms with Gasteiger partial charge in [-0.15, -0.1) is 5.10 Å². The fraction of sp³-hybridized carbons (Fsp3) is 0.400. The van der Waals surface area contributed by atoms with E-state index in [1.807, 2.05) is 24.3 Å². The molecule has 0 amide bonds. The van der Waals surface area contributed by atoms with Crippen LogP contribution in [-0.2, 0) is 11.3 Å². The van der Waals surface area contributed by atoms with Crippen molar-refractivity contribution in [2.45, 2.75) is 20.5 Å². The van der Waals surface area contributed by atoms with Crippen LogP contribution in [0.2, 0.25) is 0 Å². The first kappa shape index (κ1) is 15.2. The predicted octanol–water partition coefficient (Wildman–Crippen LogP) is 2.26. The highest BCUT2D eigenvalue weighted by Crippen LogP contribution is 2.18. The Bertz CT molecular complexity index is 591. The summed E-state index contributed by atoms with van der Waals surface area (Å²) in [5, 5.41) is 7.84. The van der Waals surface area contributed by atoms with Gasteiger partial charge in [0, 0.05) is 7.11 Å². The molecule has 112 valence electrons. The van der Waals surface area contributed by atoms with Gasteiger partial charge in [0.25, 0.3) is 0 Å². The summed E-state index contributed by atoms with van der Waals surface area (Å²) in [4.78, 5) is 11.0. The van der Waals surface area contributed by atoms with E-state index in [0.29, 0.717) is 24.5 Å². The molecule has 1 heterocycles. The number of nitrogens with zero attached hydrogens (tertiary/aromatic N) is 3. The second kappa shape index (κ2) is 6.99. The van der Waals surface area contributed by atoms with Crippen LogP contribution in [0.5, 0.6) is 5.75 Å². The number of aromatic nitrogens is 3. The maximum absolute atomic E-state index is 11.0. The number of carbonyl (C=O) groups is 1. The van der Waals surface area contributed by atoms with Gasteiger partial charge in [0.2, 0.25) is 0 Å². The quantitative estimate of drug-likeness (QED) is 0.731. The van der Waals surface area contributed by atoms with E-state index in [2.05, 4.69) is 24.2 Å². The maximum atomic E-state index is 11.0. The molecule has 0 bridgehead atoms. The molecule has 0 saturated carbocycles. The first-order valence-electron chi connectivity index (χ1n) is 6.77. The minimum Gasteiger partial charge on any atom is -0.493 e. The van der Waals surface area contributed by atoms with Gasteiger partial charge in [0.05, 0.1) is 18.9 Å². The standard InChI is InChI=1S/C15H19N3O3/c1-11(2)9-21-13-6-4-12(5-7-13)18-15(10-20-3)14(8-19)16-17-18/h4-8,11H,9-10H2,1-3H3. The summed E-state index contributed by atoms with van der Waals surface area (Å²) in [6.07, 6.45) is 0.679. The molecule has 0 unspecified atom stereocenters. The number of carbonyl (C=O) groups excluding carboxylic acids is 1. The van der Waals surface area contributed by atoms with Crippen molar-refractivity contribution in [2.75, 3.05) is 13.7 Å². The van der Waals surface area contributed by atoms with Crippen LogP contribution in [-0.4, -0.2) is 35.0 Å². The monoisotopic (exact) mass is 289 g/mol. The summed E-state index contributed by atoms with van der Waals surface area (Å²) < 4.78 is 12.3. The summed E-state index contributed by atoms with van der Waals surface area (Å²) in [6.45, 7) is 5.14. The van der Waals surface area contributed by atoms with Gasteiger partial charge in [-0.25, -0.2) is 4.68 Å². The lowest BCUT2D eigenvalue weighted by Crippen LogP contribution is -2.06. The number of ether oxygens (including phenoxy) is 2. The van der Waals surface area contributed by atoms with Crippen molar-refractivity contribution in [1.29, 1.82) is 0 Å². The van der Waals surface area contributed by atoms with E-state index in [1.54, 1.807) is 11.8 Å². The van der Waals surface area contributed by atoms with Gasteiger partial charge < -0.3 is 9.47 Å². The van der Waals surface area contributed by atoms with Crippen molar-refractivity contribution >= 4 is 6.29 Å². The van der Waals surface area contributed by atoms with E-state index < -0.39 is 0 Å². The van der Waals surface area contributed by atoms with Crippen LogP contribution in [0, 0.1) is 5.92 Å². The lowest BCUT2D eigenvalue weighted by molar-refractivity contribution is 0.111. The lowest BCUT2D eigenvalue weighted by Gasteiger charge is -2.10. The first-order chi connectivity index (χ1) is 10.2. The van der Waals surface area contributed by atoms with E-state index in [-0.39, 0.29) is 12.3 Å². The molecule has 0 aliphatic carbocycles. The Hall–Kier alpha value is -2.21. The molecule has 6 nitrogen and oxygen atoms in total. The van der Waals surface area contributed by atoms with Crippen LogP contribution in [0.4, 0.5) is 0 Å². The van der Waals surface area contributed by atoms with Gasteiger partial charge >= 0.3 is 0 Å². The molecule has 0 saturated heterocycles. The second-order valence-corrected chi connectivity index (χ2v) is 5.08. The molecule has 6 heteroatoms. The Morgan fingerprint density at radius 2 is 2.00 bits per heavy atom. The Labute approximate surface area is 123 Å². The SMILES string of the molecule is COCc1c(C=O)nnn1-c1ccc(OCC(C)C)cc1. The van der Waals surface area contributed by atoms with Gasteiger partial charge in [-0.3, -0.25) is 4.79 Å². The number of hydrogen-bond donors (Lipinski definition) is 0. The Morgan fingerprint density at radius 1 is 1.29 bits per heavy atom. The van der Waals surface area contributed by atoms with Crippen LogP contribution < -0.4 is 4.74 Å². The number of hydrogen-bond acceptors (Lipinski definition) is 5. The molecule has 2 aromatic rings. The molecule has 0 aliphatic heterocycles. The van der Waals surface area contributed by atoms with E-state index in [9.17, 15) is 4.79 Å². The molecule has 21 heavy (non-hydrogen) atoms. The zero-order chi connectivity index (χ0) is 15.2. The smallest absolute Gasteiger partial charge is 0.172 e. The molecule has 0 fully saturated rings. The number of aldehydes is 1. The molecule has 0 N–H and O–H groups in total. The summed E-state index contributed by atoms with van der Waals surface area (Å²) >= 11 is 0. The molecular weight excluding hydrogens is 270 g/mol. The Balaban J connectivity index is 2.22. The highest BCUT2D eigenvalue weighted by molar-refractivity contribution is 5.73. The van der Waals surface area contributed by atoms with Gasteiger partial charge in [-0.05, 0) is 30.2 Å². The number of benzene rings is 1. The predicted molar refractivity (Wildman–Crippen MR) is 77.8 cm³/mol. The molecule has 0 spiro atoms. The van der Waals surface area contributed by atoms with Crippen molar-refractivity contribution < 1.29 is 14.3 Å². The van der Waals surface area contributed by atoms with Gasteiger partial charge in [0.15, 0.2) is 12.0 Å². The van der Waals surface area contributed by atoms with Crippen molar-refractivity contribution in [1.82, 2.24) is 15.0 Å². The van der Waals surface area contributed by atoms with E-state index >= 15 is 0 Å². The second-order valence-electron chi connectivity index (χ2n) is 5.08. The van der Waals surface area contributed by atoms with Crippen molar-refractivity contribution in [3.63, 3.8) is 0 Å². The average molecular weight is 289 g/mol. The molecule has 1 aromatic heterocycles. The van der Waals surface area contributed by atoms with E-state index in [0.717, 1.165) is 11.4 Å². The third kappa shape index (κ3) is 3.66. The average Bonchev–Trinajstić information content (AvgIpc) is 2.89. The van der Waals surface area contributed by atoms with Crippen LogP contribution >= 0.6 is 0 Å². The zero-order valence-corrected chi connectivity index (χ0v) is 12.4. The van der Waals surface area contributed by atoms with Crippen molar-refractivity contribution in [3.05, 3.63) is 35.7 Å². The normalized spacial score (nSPS) is 10.9. The summed E-state index contributed by atoms with van der Waals surface area (Å²) in [7, 11) is 1.56. The lowest BCUT2D eigenvalue weighted by atomic mass is 10.2. The van der Waals surface area contributed by atoms with Crippen molar-refractivity contribution in [2.24, 2.45) is 5.92 Å². The molecule has 1 aromatic carbocycles. The van der Waals surface area contributed by atoms with Crippen LogP contribution in [0.3, 0.4) is 0 Å². The summed E-state index contributed by atoms with van der Waals surface area (Å²) in [5.74, 6) is 1.28. The summed E-state index contributed by atoms with van der Waals surface area (Å²) in [5.41, 5.74) is 1.72. The largest absolute Gasteiger partial charge is 0.493 e. The fourth-order valence-electron chi connectivity index (χ4n) is 1.83. The third-order valence-electron chi connectivity index (χ3n) is 2.85. The van der Waals surface area contributed by atoms with Crippen LogP contribution in [0.25, 0.3) is 5.69 Å². The number of methoxy groups -OCH3 is 1. The Morgan fingerprint density at radius 3 is 2.57 bits per heavy atom. The highest BCUT2D eigenvalue weighted by atomic mass is 16.5. The van der Waals surface area contributed by atoms with Gasteiger partial charge in [-0.1, -0.05) is 19.1 Å². The molecule has 0 atom stereocenters. The molecule has 0 radical (unpaired) electrons. The van der Waals surface area contributed by atoms with Crippen LogP contribution in [0.1, 0.15) is 30.0 Å². The topological polar surface area (TPSA) is 66.2 Å². The molecule has 2 rings (SSSR count). The Kier molecular flexibility index (Phi) is 5.05. The highest BCUT2D eigenvalue weighted by Gasteiger charge is 2.13. The van der Waals surface area contributed by atoms with Crippen LogP contribution in [0.15, 0.2) is 24.3 Å². The third-order valence-corrected chi connectivity index (χ3v) is 2.85. The minimum absolute atomic E-state index is 0.271. The molecule has 0 aliphatic rings.